The Morgan fingerprint density at radius 1 is 1.00 bits per heavy atom. The summed E-state index contributed by atoms with van der Waals surface area (Å²) < 4.78 is 31.7. The van der Waals surface area contributed by atoms with Gasteiger partial charge >= 0.3 is 0 Å². The minimum Gasteiger partial charge on any atom is -0.491 e. The number of rotatable bonds is 6. The Morgan fingerprint density at radius 3 is 2.35 bits per heavy atom. The Kier molecular flexibility index (Phi) is 5.00. The van der Waals surface area contributed by atoms with Crippen molar-refractivity contribution < 1.29 is 13.2 Å². The van der Waals surface area contributed by atoms with Gasteiger partial charge in [0, 0.05) is 6.54 Å². The molecule has 2 rings (SSSR count). The first-order chi connectivity index (χ1) is 9.59. The number of nitrogens with one attached hydrogen (secondary N) is 1. The van der Waals surface area contributed by atoms with Crippen LogP contribution < -0.4 is 9.46 Å². The largest absolute Gasteiger partial charge is 0.491 e. The molecule has 6 heteroatoms. The van der Waals surface area contributed by atoms with Crippen molar-refractivity contribution in [1.82, 2.24) is 4.72 Å². The van der Waals surface area contributed by atoms with E-state index in [1.807, 2.05) is 0 Å². The molecule has 0 heterocycles. The van der Waals surface area contributed by atoms with E-state index in [2.05, 4.69) is 4.72 Å². The van der Waals surface area contributed by atoms with E-state index < -0.39 is 10.0 Å². The van der Waals surface area contributed by atoms with E-state index in [0.717, 1.165) is 0 Å². The number of hydrogen-bond donors (Lipinski definition) is 1. The van der Waals surface area contributed by atoms with E-state index >= 15 is 0 Å². The normalized spacial score (nSPS) is 11.2. The predicted molar refractivity (Wildman–Crippen MR) is 78.6 cm³/mol. The van der Waals surface area contributed by atoms with Gasteiger partial charge in [0.1, 0.15) is 12.4 Å². The van der Waals surface area contributed by atoms with E-state index in [-0.39, 0.29) is 18.0 Å². The average molecular weight is 312 g/mol. The molecule has 4 nitrogen and oxygen atoms in total. The highest BCUT2D eigenvalue weighted by atomic mass is 35.5. The minimum absolute atomic E-state index is 0.169. The summed E-state index contributed by atoms with van der Waals surface area (Å²) in [4.78, 5) is 0.234. The molecular formula is C14H14ClNO3S. The molecular weight excluding hydrogens is 298 g/mol. The Labute approximate surface area is 123 Å². The standard InChI is InChI=1S/C14H14ClNO3S/c15-13-8-4-5-9-14(13)19-11-10-16-20(17,18)12-6-2-1-3-7-12/h1-9,16H,10-11H2. The fraction of sp³-hybridized carbons (Fsp3) is 0.143. The summed E-state index contributed by atoms with van der Waals surface area (Å²) >= 11 is 5.93. The van der Waals surface area contributed by atoms with Gasteiger partial charge in [0.15, 0.2) is 0 Å². The molecule has 0 radical (unpaired) electrons. The molecule has 0 spiro atoms. The molecule has 106 valence electrons. The van der Waals surface area contributed by atoms with Gasteiger partial charge in [0.25, 0.3) is 0 Å². The first kappa shape index (κ1) is 14.8. The van der Waals surface area contributed by atoms with Crippen LogP contribution in [-0.2, 0) is 10.0 Å². The lowest BCUT2D eigenvalue weighted by atomic mass is 10.3. The predicted octanol–water partition coefficient (Wildman–Crippen LogP) is 2.70. The van der Waals surface area contributed by atoms with Gasteiger partial charge in [-0.05, 0) is 24.3 Å². The highest BCUT2D eigenvalue weighted by Gasteiger charge is 2.12. The zero-order valence-corrected chi connectivity index (χ0v) is 12.2. The van der Waals surface area contributed by atoms with Crippen molar-refractivity contribution >= 4 is 21.6 Å². The van der Waals surface area contributed by atoms with Crippen LogP contribution in [0.5, 0.6) is 5.75 Å². The molecule has 1 N–H and O–H groups in total. The smallest absolute Gasteiger partial charge is 0.240 e. The van der Waals surface area contributed by atoms with E-state index in [1.165, 1.54) is 12.1 Å². The van der Waals surface area contributed by atoms with Crippen LogP contribution in [0, 0.1) is 0 Å². The number of benzene rings is 2. The fourth-order valence-corrected chi connectivity index (χ4v) is 2.81. The van der Waals surface area contributed by atoms with Gasteiger partial charge in [-0.3, -0.25) is 0 Å². The summed E-state index contributed by atoms with van der Waals surface area (Å²) in [7, 11) is -3.49. The number of ether oxygens (including phenoxy) is 1. The summed E-state index contributed by atoms with van der Waals surface area (Å²) in [6.07, 6.45) is 0. The Balaban J connectivity index is 1.86. The van der Waals surface area contributed by atoms with Crippen molar-refractivity contribution in [2.45, 2.75) is 4.90 Å². The molecule has 20 heavy (non-hydrogen) atoms. The first-order valence-corrected chi connectivity index (χ1v) is 7.88. The lowest BCUT2D eigenvalue weighted by Gasteiger charge is -2.09. The maximum absolute atomic E-state index is 11.9. The summed E-state index contributed by atoms with van der Waals surface area (Å²) in [6, 6.07) is 15.2. The van der Waals surface area contributed by atoms with Crippen molar-refractivity contribution in [3.8, 4) is 5.75 Å². The van der Waals surface area contributed by atoms with Gasteiger partial charge in [-0.2, -0.15) is 0 Å². The van der Waals surface area contributed by atoms with Crippen LogP contribution >= 0.6 is 11.6 Å². The quantitative estimate of drug-likeness (QED) is 0.835. The second kappa shape index (κ2) is 6.74. The SMILES string of the molecule is O=S(=O)(NCCOc1ccccc1Cl)c1ccccc1. The van der Waals surface area contributed by atoms with Gasteiger partial charge in [-0.25, -0.2) is 13.1 Å². The third-order valence-electron chi connectivity index (χ3n) is 2.54. The van der Waals surface area contributed by atoms with Crippen LogP contribution in [0.15, 0.2) is 59.5 Å². The van der Waals surface area contributed by atoms with Crippen LogP contribution in [0.1, 0.15) is 0 Å². The minimum atomic E-state index is -3.49. The number of hydrogen-bond acceptors (Lipinski definition) is 3. The van der Waals surface area contributed by atoms with E-state index in [1.54, 1.807) is 42.5 Å². The Morgan fingerprint density at radius 2 is 1.65 bits per heavy atom. The number of para-hydroxylation sites is 1. The fourth-order valence-electron chi connectivity index (χ4n) is 1.58. The Hall–Kier alpha value is -1.56. The van der Waals surface area contributed by atoms with Crippen molar-refractivity contribution in [1.29, 1.82) is 0 Å². The van der Waals surface area contributed by atoms with Crippen LogP contribution in [0.25, 0.3) is 0 Å². The van der Waals surface area contributed by atoms with E-state index in [4.69, 9.17) is 16.3 Å². The van der Waals surface area contributed by atoms with Gasteiger partial charge in [0.2, 0.25) is 10.0 Å². The van der Waals surface area contributed by atoms with E-state index in [0.29, 0.717) is 10.8 Å². The van der Waals surface area contributed by atoms with Crippen molar-refractivity contribution in [2.75, 3.05) is 13.2 Å². The van der Waals surface area contributed by atoms with E-state index in [9.17, 15) is 8.42 Å². The highest BCUT2D eigenvalue weighted by Crippen LogP contribution is 2.22. The van der Waals surface area contributed by atoms with Gasteiger partial charge in [0.05, 0.1) is 9.92 Å². The molecule has 2 aromatic rings. The third kappa shape index (κ3) is 3.96. The maximum Gasteiger partial charge on any atom is 0.240 e. The maximum atomic E-state index is 11.9. The molecule has 2 aromatic carbocycles. The summed E-state index contributed by atoms with van der Waals surface area (Å²) in [6.45, 7) is 0.373. The number of sulfonamides is 1. The molecule has 0 saturated carbocycles. The lowest BCUT2D eigenvalue weighted by molar-refractivity contribution is 0.323. The van der Waals surface area contributed by atoms with Crippen LogP contribution in [0.2, 0.25) is 5.02 Å². The van der Waals surface area contributed by atoms with Gasteiger partial charge < -0.3 is 4.74 Å². The van der Waals surface area contributed by atoms with Crippen molar-refractivity contribution in [3.05, 3.63) is 59.6 Å². The lowest BCUT2D eigenvalue weighted by Crippen LogP contribution is -2.28. The molecule has 0 fully saturated rings. The molecule has 0 aromatic heterocycles. The molecule has 0 aliphatic carbocycles. The second-order valence-electron chi connectivity index (χ2n) is 3.99. The molecule has 0 amide bonds. The summed E-state index contributed by atoms with van der Waals surface area (Å²) in [5.41, 5.74) is 0. The summed E-state index contributed by atoms with van der Waals surface area (Å²) in [5, 5.41) is 0.499. The van der Waals surface area contributed by atoms with Crippen LogP contribution in [0.4, 0.5) is 0 Å². The van der Waals surface area contributed by atoms with Crippen molar-refractivity contribution in [2.24, 2.45) is 0 Å². The third-order valence-corrected chi connectivity index (χ3v) is 4.33. The molecule has 0 saturated heterocycles. The first-order valence-electron chi connectivity index (χ1n) is 6.01. The monoisotopic (exact) mass is 311 g/mol. The molecule has 0 aliphatic rings. The molecule has 0 atom stereocenters. The van der Waals surface area contributed by atoms with Gasteiger partial charge in [-0.1, -0.05) is 41.9 Å². The average Bonchev–Trinajstić information content (AvgIpc) is 2.46. The molecule has 0 unspecified atom stereocenters. The molecule has 0 bridgehead atoms. The van der Waals surface area contributed by atoms with Crippen LogP contribution in [0.3, 0.4) is 0 Å². The zero-order valence-electron chi connectivity index (χ0n) is 10.6. The summed E-state index contributed by atoms with van der Waals surface area (Å²) in [5.74, 6) is 0.535. The topological polar surface area (TPSA) is 55.4 Å². The Bertz CT molecular complexity index is 659. The zero-order chi connectivity index (χ0) is 14.4. The van der Waals surface area contributed by atoms with Crippen LogP contribution in [-0.4, -0.2) is 21.6 Å². The van der Waals surface area contributed by atoms with Crippen molar-refractivity contribution in [3.63, 3.8) is 0 Å². The molecule has 0 aliphatic heterocycles. The number of halogens is 1. The highest BCUT2D eigenvalue weighted by molar-refractivity contribution is 7.89. The second-order valence-corrected chi connectivity index (χ2v) is 6.16. The van der Waals surface area contributed by atoms with Gasteiger partial charge in [-0.15, -0.1) is 0 Å².